The predicted octanol–water partition coefficient (Wildman–Crippen LogP) is 5.08. The zero-order chi connectivity index (χ0) is 22.7. The third-order valence-corrected chi connectivity index (χ3v) is 6.28. The lowest BCUT2D eigenvalue weighted by Gasteiger charge is -2.36. The van der Waals surface area contributed by atoms with Gasteiger partial charge in [-0.25, -0.2) is 4.99 Å². The number of hydrogen-bond acceptors (Lipinski definition) is 5. The number of allylic oxidation sites excluding steroid dienone is 1. The molecule has 2 heterocycles. The summed E-state index contributed by atoms with van der Waals surface area (Å²) >= 11 is 7.77. The number of amidine groups is 1. The number of fused-ring (bicyclic) bond motifs is 1. The van der Waals surface area contributed by atoms with E-state index in [2.05, 4.69) is 10.6 Å². The largest absolute Gasteiger partial charge is 0.356 e. The summed E-state index contributed by atoms with van der Waals surface area (Å²) in [7, 11) is 0. The first-order valence-electron chi connectivity index (χ1n) is 10.3. The van der Waals surface area contributed by atoms with Crippen molar-refractivity contribution in [3.05, 3.63) is 87.6 Å². The predicted molar refractivity (Wildman–Crippen MR) is 130 cm³/mol. The van der Waals surface area contributed by atoms with Gasteiger partial charge in [0.25, 0.3) is 5.91 Å². The van der Waals surface area contributed by atoms with E-state index in [1.807, 2.05) is 72.7 Å². The second kappa shape index (κ2) is 9.63. The number of para-hydroxylation sites is 1. The van der Waals surface area contributed by atoms with Gasteiger partial charge < -0.3 is 15.5 Å². The van der Waals surface area contributed by atoms with Crippen molar-refractivity contribution in [2.45, 2.75) is 26.3 Å². The van der Waals surface area contributed by atoms with Gasteiger partial charge in [0.05, 0.1) is 23.7 Å². The molecule has 0 saturated carbocycles. The number of benzene rings is 2. The summed E-state index contributed by atoms with van der Waals surface area (Å²) in [4.78, 5) is 32.5. The van der Waals surface area contributed by atoms with E-state index in [1.165, 1.54) is 11.8 Å². The van der Waals surface area contributed by atoms with Gasteiger partial charge in [0, 0.05) is 23.0 Å². The lowest BCUT2D eigenvalue weighted by Crippen LogP contribution is -2.38. The zero-order valence-corrected chi connectivity index (χ0v) is 19.3. The van der Waals surface area contributed by atoms with Gasteiger partial charge in [-0.15, -0.1) is 0 Å². The quantitative estimate of drug-likeness (QED) is 0.622. The number of rotatable bonds is 6. The fourth-order valence-electron chi connectivity index (χ4n) is 3.80. The molecule has 0 fully saturated rings. The van der Waals surface area contributed by atoms with Gasteiger partial charge in [-0.2, -0.15) is 0 Å². The van der Waals surface area contributed by atoms with Crippen LogP contribution in [0.3, 0.4) is 0 Å². The molecule has 0 spiro atoms. The summed E-state index contributed by atoms with van der Waals surface area (Å²) in [6.45, 7) is 4.28. The van der Waals surface area contributed by atoms with Gasteiger partial charge in [-0.05, 0) is 49.1 Å². The highest BCUT2D eigenvalue weighted by molar-refractivity contribution is 8.16. The Morgan fingerprint density at radius 3 is 2.66 bits per heavy atom. The summed E-state index contributed by atoms with van der Waals surface area (Å²) in [5, 5.41) is 9.06. The number of carbonyl (C=O) groups excluding carboxylic acids is 2. The number of carbonyl (C=O) groups is 2. The van der Waals surface area contributed by atoms with Crippen molar-refractivity contribution >= 4 is 46.0 Å². The SMILES string of the molecule is CCNC(=O)CC1=CSC2=NC(C)=C(C(=O)Nc3ccccc3)C(c3cccc(Cl)c3)N12. The van der Waals surface area contributed by atoms with Gasteiger partial charge in [-0.3, -0.25) is 9.59 Å². The van der Waals surface area contributed by atoms with E-state index in [-0.39, 0.29) is 18.2 Å². The van der Waals surface area contributed by atoms with E-state index in [9.17, 15) is 9.59 Å². The van der Waals surface area contributed by atoms with Crippen LogP contribution in [-0.2, 0) is 9.59 Å². The third kappa shape index (κ3) is 4.59. The molecule has 0 aromatic heterocycles. The maximum Gasteiger partial charge on any atom is 0.255 e. The minimum atomic E-state index is -0.458. The molecule has 2 aliphatic heterocycles. The van der Waals surface area contributed by atoms with Gasteiger partial charge in [-0.1, -0.05) is 53.7 Å². The van der Waals surface area contributed by atoms with E-state index < -0.39 is 6.04 Å². The first-order chi connectivity index (χ1) is 15.5. The van der Waals surface area contributed by atoms with Crippen molar-refractivity contribution < 1.29 is 9.59 Å². The van der Waals surface area contributed by atoms with Crippen LogP contribution in [0.5, 0.6) is 0 Å². The second-order valence-corrected chi connectivity index (χ2v) is 8.67. The van der Waals surface area contributed by atoms with Crippen LogP contribution in [-0.4, -0.2) is 28.4 Å². The van der Waals surface area contributed by atoms with Crippen molar-refractivity contribution in [1.29, 1.82) is 0 Å². The number of amides is 2. The minimum Gasteiger partial charge on any atom is -0.356 e. The Morgan fingerprint density at radius 2 is 1.94 bits per heavy atom. The molecule has 0 aliphatic carbocycles. The van der Waals surface area contributed by atoms with Crippen LogP contribution in [0.1, 0.15) is 31.9 Å². The van der Waals surface area contributed by atoms with Crippen LogP contribution in [0.2, 0.25) is 5.02 Å². The zero-order valence-electron chi connectivity index (χ0n) is 17.8. The number of halogens is 1. The third-order valence-electron chi connectivity index (χ3n) is 5.16. The first-order valence-corrected chi connectivity index (χ1v) is 11.6. The summed E-state index contributed by atoms with van der Waals surface area (Å²) in [6, 6.07) is 16.3. The molecule has 6 nitrogen and oxygen atoms in total. The van der Waals surface area contributed by atoms with Gasteiger partial charge >= 0.3 is 0 Å². The van der Waals surface area contributed by atoms with Gasteiger partial charge in [0.1, 0.15) is 0 Å². The Hall–Kier alpha value is -3.03. The molecule has 0 saturated heterocycles. The van der Waals surface area contributed by atoms with Crippen LogP contribution in [0.25, 0.3) is 0 Å². The summed E-state index contributed by atoms with van der Waals surface area (Å²) < 4.78 is 0. The van der Waals surface area contributed by atoms with Gasteiger partial charge in [0.2, 0.25) is 5.91 Å². The Balaban J connectivity index is 1.75. The monoisotopic (exact) mass is 466 g/mol. The molecule has 8 heteroatoms. The molecular formula is C24H23ClN4O2S. The lowest BCUT2D eigenvalue weighted by molar-refractivity contribution is -0.120. The molecule has 2 N–H and O–H groups in total. The summed E-state index contributed by atoms with van der Waals surface area (Å²) in [6.07, 6.45) is 0.198. The van der Waals surface area contributed by atoms with Crippen LogP contribution in [0.15, 0.2) is 82.0 Å². The molecule has 1 atom stereocenters. The van der Waals surface area contributed by atoms with E-state index in [4.69, 9.17) is 16.6 Å². The lowest BCUT2D eigenvalue weighted by atomic mass is 9.93. The molecule has 1 unspecified atom stereocenters. The number of anilines is 1. The Morgan fingerprint density at radius 1 is 1.16 bits per heavy atom. The van der Waals surface area contributed by atoms with Crippen molar-refractivity contribution in [2.24, 2.45) is 4.99 Å². The van der Waals surface area contributed by atoms with Crippen molar-refractivity contribution in [1.82, 2.24) is 10.2 Å². The highest BCUT2D eigenvalue weighted by Gasteiger charge is 2.40. The number of aliphatic imine (C=N–C) groups is 1. The van der Waals surface area contributed by atoms with Crippen molar-refractivity contribution in [3.8, 4) is 0 Å². The van der Waals surface area contributed by atoms with E-state index in [1.54, 1.807) is 6.07 Å². The number of thioether (sulfide) groups is 1. The van der Waals surface area contributed by atoms with Crippen LogP contribution in [0, 0.1) is 0 Å². The highest BCUT2D eigenvalue weighted by Crippen LogP contribution is 2.45. The standard InChI is InChI=1S/C24H23ClN4O2S/c1-3-26-20(30)13-19-14-32-24-27-15(2)21(23(31)28-18-10-5-4-6-11-18)22(29(19)24)16-8-7-9-17(25)12-16/h4-12,14,22H,3,13H2,1-2H3,(H,26,30)(H,28,31). The van der Waals surface area contributed by atoms with Crippen LogP contribution < -0.4 is 10.6 Å². The molecule has 4 rings (SSSR count). The Kier molecular flexibility index (Phi) is 6.67. The normalized spacial score (nSPS) is 17.5. The Labute approximate surface area is 196 Å². The molecule has 0 radical (unpaired) electrons. The number of nitrogens with one attached hydrogen (secondary N) is 2. The summed E-state index contributed by atoms with van der Waals surface area (Å²) in [5.41, 5.74) is 3.50. The maximum atomic E-state index is 13.5. The van der Waals surface area contributed by atoms with E-state index >= 15 is 0 Å². The average molecular weight is 467 g/mol. The molecule has 32 heavy (non-hydrogen) atoms. The average Bonchev–Trinajstić information content (AvgIpc) is 3.15. The summed E-state index contributed by atoms with van der Waals surface area (Å²) in [5.74, 6) is -0.317. The highest BCUT2D eigenvalue weighted by atomic mass is 35.5. The fourth-order valence-corrected chi connectivity index (χ4v) is 4.96. The van der Waals surface area contributed by atoms with Crippen molar-refractivity contribution in [3.63, 3.8) is 0 Å². The number of nitrogens with zero attached hydrogens (tertiary/aromatic N) is 2. The second-order valence-electron chi connectivity index (χ2n) is 7.40. The molecule has 2 aromatic rings. The van der Waals surface area contributed by atoms with E-state index in [0.29, 0.717) is 28.5 Å². The number of hydrogen-bond donors (Lipinski definition) is 2. The molecular weight excluding hydrogens is 444 g/mol. The molecule has 0 bridgehead atoms. The van der Waals surface area contributed by atoms with E-state index in [0.717, 1.165) is 16.4 Å². The van der Waals surface area contributed by atoms with Gasteiger partial charge in [0.15, 0.2) is 5.17 Å². The van der Waals surface area contributed by atoms with Crippen molar-refractivity contribution in [2.75, 3.05) is 11.9 Å². The van der Waals surface area contributed by atoms with Crippen LogP contribution in [0.4, 0.5) is 5.69 Å². The smallest absolute Gasteiger partial charge is 0.255 e. The molecule has 2 aliphatic rings. The first kappa shape index (κ1) is 22.2. The van der Waals surface area contributed by atoms with Crippen LogP contribution >= 0.6 is 23.4 Å². The maximum absolute atomic E-state index is 13.5. The molecule has 164 valence electrons. The fraction of sp³-hybridized carbons (Fsp3) is 0.208. The minimum absolute atomic E-state index is 0.0768. The molecule has 2 aromatic carbocycles. The Bertz CT molecular complexity index is 1140. The topological polar surface area (TPSA) is 73.8 Å². The molecule has 2 amide bonds.